The molecule has 0 atom stereocenters. The van der Waals surface area contributed by atoms with E-state index in [-0.39, 0.29) is 17.6 Å². The van der Waals surface area contributed by atoms with Crippen molar-refractivity contribution < 1.29 is 8.42 Å². The minimum atomic E-state index is -3.01. The molecule has 2 rings (SSSR count). The Bertz CT molecular complexity index is 638. The first-order valence-corrected chi connectivity index (χ1v) is 7.18. The molecule has 2 aromatic heterocycles. The Kier molecular flexibility index (Phi) is 3.16. The molecule has 0 radical (unpaired) electrons. The summed E-state index contributed by atoms with van der Waals surface area (Å²) in [6.07, 6.45) is 2.73. The average Bonchev–Trinajstić information content (AvgIpc) is 2.63. The molecule has 2 N–H and O–H groups in total. The third kappa shape index (κ3) is 3.04. The first kappa shape index (κ1) is 12.1. The van der Waals surface area contributed by atoms with Crippen LogP contribution >= 0.6 is 11.6 Å². The highest BCUT2D eigenvalue weighted by molar-refractivity contribution is 7.90. The standard InChI is InChI=1S/C8H10ClN5O2S/c1-17(15,16)3-2-10-6-5-4-11-14-7(5)13-8(9)12-6/h4H,2-3H2,1H3,(H2,10,11,12,13,14). The number of rotatable bonds is 4. The Morgan fingerprint density at radius 2 is 2.24 bits per heavy atom. The van der Waals surface area contributed by atoms with Crippen LogP contribution in [-0.2, 0) is 9.84 Å². The molecule has 9 heteroatoms. The van der Waals surface area contributed by atoms with Gasteiger partial charge < -0.3 is 5.32 Å². The second kappa shape index (κ2) is 4.46. The Balaban J connectivity index is 2.20. The van der Waals surface area contributed by atoms with Crippen LogP contribution in [0.3, 0.4) is 0 Å². The molecule has 0 aromatic carbocycles. The lowest BCUT2D eigenvalue weighted by Crippen LogP contribution is -2.15. The van der Waals surface area contributed by atoms with Gasteiger partial charge in [-0.1, -0.05) is 0 Å². The minimum absolute atomic E-state index is 0.0218. The van der Waals surface area contributed by atoms with E-state index in [1.54, 1.807) is 6.20 Å². The van der Waals surface area contributed by atoms with Gasteiger partial charge in [0.05, 0.1) is 17.3 Å². The molecular weight excluding hydrogens is 266 g/mol. The van der Waals surface area contributed by atoms with E-state index in [1.807, 2.05) is 0 Å². The van der Waals surface area contributed by atoms with Gasteiger partial charge in [-0.05, 0) is 11.6 Å². The van der Waals surface area contributed by atoms with Crippen LogP contribution in [0.4, 0.5) is 5.82 Å². The van der Waals surface area contributed by atoms with E-state index in [0.717, 1.165) is 0 Å². The molecule has 0 aliphatic rings. The summed E-state index contributed by atoms with van der Waals surface area (Å²) < 4.78 is 22.0. The van der Waals surface area contributed by atoms with Crippen LogP contribution in [0.1, 0.15) is 0 Å². The Hall–Kier alpha value is -1.41. The van der Waals surface area contributed by atoms with E-state index in [0.29, 0.717) is 16.9 Å². The molecule has 0 amide bonds. The smallest absolute Gasteiger partial charge is 0.226 e. The summed E-state index contributed by atoms with van der Waals surface area (Å²) in [5.74, 6) is 0.492. The van der Waals surface area contributed by atoms with Gasteiger partial charge in [0.15, 0.2) is 5.65 Å². The number of H-pyrrole nitrogens is 1. The van der Waals surface area contributed by atoms with E-state index in [2.05, 4.69) is 25.5 Å². The molecule has 2 aromatic rings. The fourth-order valence-corrected chi connectivity index (χ4v) is 1.94. The molecule has 0 aliphatic heterocycles. The molecule has 0 spiro atoms. The fourth-order valence-electron chi connectivity index (χ4n) is 1.30. The highest BCUT2D eigenvalue weighted by Crippen LogP contribution is 2.19. The molecule has 17 heavy (non-hydrogen) atoms. The number of fused-ring (bicyclic) bond motifs is 1. The van der Waals surface area contributed by atoms with Gasteiger partial charge in [-0.3, -0.25) is 5.10 Å². The lowest BCUT2D eigenvalue weighted by Gasteiger charge is -2.05. The first-order valence-electron chi connectivity index (χ1n) is 4.74. The van der Waals surface area contributed by atoms with Crippen molar-refractivity contribution >= 4 is 38.3 Å². The number of aromatic nitrogens is 4. The molecular formula is C8H10ClN5O2S. The summed E-state index contributed by atoms with van der Waals surface area (Å²) in [5.41, 5.74) is 0.506. The number of sulfone groups is 1. The van der Waals surface area contributed by atoms with Crippen LogP contribution in [0.2, 0.25) is 5.28 Å². The van der Waals surface area contributed by atoms with Gasteiger partial charge in [-0.15, -0.1) is 0 Å². The highest BCUT2D eigenvalue weighted by Gasteiger charge is 2.09. The summed E-state index contributed by atoms with van der Waals surface area (Å²) in [4.78, 5) is 7.91. The second-order valence-corrected chi connectivity index (χ2v) is 6.13. The lowest BCUT2D eigenvalue weighted by atomic mass is 10.4. The molecule has 0 aliphatic carbocycles. The van der Waals surface area contributed by atoms with E-state index in [4.69, 9.17) is 11.6 Å². The number of nitrogens with zero attached hydrogens (tertiary/aromatic N) is 3. The van der Waals surface area contributed by atoms with Crippen LogP contribution in [0.5, 0.6) is 0 Å². The SMILES string of the molecule is CS(=O)(=O)CCNc1nc(Cl)nc2[nH]ncc12. The van der Waals surface area contributed by atoms with Crippen LogP contribution in [0.15, 0.2) is 6.20 Å². The zero-order valence-corrected chi connectivity index (χ0v) is 10.5. The van der Waals surface area contributed by atoms with Crippen molar-refractivity contribution in [1.82, 2.24) is 20.2 Å². The van der Waals surface area contributed by atoms with E-state index in [1.165, 1.54) is 6.26 Å². The van der Waals surface area contributed by atoms with Gasteiger partial charge in [-0.25, -0.2) is 8.42 Å². The first-order chi connectivity index (χ1) is 7.96. The fraction of sp³-hybridized carbons (Fsp3) is 0.375. The third-order valence-electron chi connectivity index (χ3n) is 2.05. The lowest BCUT2D eigenvalue weighted by molar-refractivity contribution is 0.602. The van der Waals surface area contributed by atoms with Crippen LogP contribution in [0, 0.1) is 0 Å². The highest BCUT2D eigenvalue weighted by atomic mass is 35.5. The molecule has 0 fully saturated rings. The summed E-state index contributed by atoms with van der Waals surface area (Å²) in [7, 11) is -3.01. The predicted octanol–water partition coefficient (Wildman–Crippen LogP) is 0.463. The molecule has 92 valence electrons. The Labute approximate surface area is 103 Å². The van der Waals surface area contributed by atoms with Gasteiger partial charge in [-0.2, -0.15) is 15.1 Å². The normalized spacial score (nSPS) is 11.9. The monoisotopic (exact) mass is 275 g/mol. The summed E-state index contributed by atoms with van der Waals surface area (Å²) in [5, 5.41) is 10.1. The summed E-state index contributed by atoms with van der Waals surface area (Å²) in [6.45, 7) is 0.256. The van der Waals surface area contributed by atoms with Gasteiger partial charge in [0, 0.05) is 12.8 Å². The quantitative estimate of drug-likeness (QED) is 0.787. The molecule has 0 bridgehead atoms. The van der Waals surface area contributed by atoms with Gasteiger partial charge >= 0.3 is 0 Å². The molecule has 0 saturated carbocycles. The minimum Gasteiger partial charge on any atom is -0.368 e. The van der Waals surface area contributed by atoms with Gasteiger partial charge in [0.25, 0.3) is 0 Å². The zero-order chi connectivity index (χ0) is 12.5. The number of hydrogen-bond acceptors (Lipinski definition) is 6. The van der Waals surface area contributed by atoms with Crippen molar-refractivity contribution in [2.24, 2.45) is 0 Å². The predicted molar refractivity (Wildman–Crippen MR) is 64.9 cm³/mol. The van der Waals surface area contributed by atoms with Crippen LogP contribution in [-0.4, -0.2) is 47.1 Å². The van der Waals surface area contributed by atoms with E-state index in [9.17, 15) is 8.42 Å². The van der Waals surface area contributed by atoms with Crippen LogP contribution < -0.4 is 5.32 Å². The van der Waals surface area contributed by atoms with Crippen molar-refractivity contribution in [2.75, 3.05) is 23.9 Å². The van der Waals surface area contributed by atoms with Crippen molar-refractivity contribution in [2.45, 2.75) is 0 Å². The van der Waals surface area contributed by atoms with Crippen molar-refractivity contribution in [3.8, 4) is 0 Å². The molecule has 7 nitrogen and oxygen atoms in total. The Morgan fingerprint density at radius 3 is 2.94 bits per heavy atom. The second-order valence-electron chi connectivity index (χ2n) is 3.53. The summed E-state index contributed by atoms with van der Waals surface area (Å²) in [6, 6.07) is 0. The molecule has 0 saturated heterocycles. The summed E-state index contributed by atoms with van der Waals surface area (Å²) >= 11 is 5.72. The maximum absolute atomic E-state index is 11.0. The third-order valence-corrected chi connectivity index (χ3v) is 3.16. The van der Waals surface area contributed by atoms with E-state index >= 15 is 0 Å². The maximum atomic E-state index is 11.0. The number of hydrogen-bond donors (Lipinski definition) is 2. The number of aromatic amines is 1. The van der Waals surface area contributed by atoms with Crippen molar-refractivity contribution in [3.63, 3.8) is 0 Å². The van der Waals surface area contributed by atoms with Gasteiger partial charge in [0.1, 0.15) is 15.7 Å². The molecule has 2 heterocycles. The van der Waals surface area contributed by atoms with Crippen LogP contribution in [0.25, 0.3) is 11.0 Å². The average molecular weight is 276 g/mol. The van der Waals surface area contributed by atoms with E-state index < -0.39 is 9.84 Å². The number of nitrogens with one attached hydrogen (secondary N) is 2. The molecule has 0 unspecified atom stereocenters. The number of halogens is 1. The Morgan fingerprint density at radius 1 is 1.47 bits per heavy atom. The largest absolute Gasteiger partial charge is 0.368 e. The van der Waals surface area contributed by atoms with Gasteiger partial charge in [0.2, 0.25) is 5.28 Å². The van der Waals surface area contributed by atoms with Crippen molar-refractivity contribution in [1.29, 1.82) is 0 Å². The number of anilines is 1. The van der Waals surface area contributed by atoms with Crippen molar-refractivity contribution in [3.05, 3.63) is 11.5 Å². The zero-order valence-electron chi connectivity index (χ0n) is 8.94. The maximum Gasteiger partial charge on any atom is 0.226 e. The topological polar surface area (TPSA) is 101 Å².